The van der Waals surface area contributed by atoms with E-state index >= 15 is 0 Å². The summed E-state index contributed by atoms with van der Waals surface area (Å²) in [5, 5.41) is 8.46. The Kier molecular flexibility index (Phi) is 4.03. The van der Waals surface area contributed by atoms with Gasteiger partial charge in [0.2, 0.25) is 0 Å². The summed E-state index contributed by atoms with van der Waals surface area (Å²) in [5.41, 5.74) is 7.56. The molecule has 2 heterocycles. The minimum Gasteiger partial charge on any atom is -0.366 e. The van der Waals surface area contributed by atoms with Gasteiger partial charge in [-0.05, 0) is 55.0 Å². The smallest absolute Gasteiger partial charge is 0.250 e. The lowest BCUT2D eigenvalue weighted by Gasteiger charge is -2.35. The largest absolute Gasteiger partial charge is 0.366 e. The third-order valence-electron chi connectivity index (χ3n) is 5.29. The van der Waals surface area contributed by atoms with Crippen molar-refractivity contribution >= 4 is 24.7 Å². The molecule has 26 heavy (non-hydrogen) atoms. The molecule has 0 saturated carbocycles. The molecule has 5 nitrogen and oxygen atoms in total. The van der Waals surface area contributed by atoms with E-state index in [9.17, 15) is 9.18 Å². The van der Waals surface area contributed by atoms with Gasteiger partial charge in [0.05, 0.1) is 5.56 Å². The zero-order valence-corrected chi connectivity index (χ0v) is 14.6. The number of hydrogen-bond acceptors (Lipinski definition) is 3. The van der Waals surface area contributed by atoms with Crippen molar-refractivity contribution in [3.8, 4) is 5.69 Å². The summed E-state index contributed by atoms with van der Waals surface area (Å²) in [6.07, 6.45) is 3.83. The topological polar surface area (TPSA) is 72.9 Å². The molecule has 1 aliphatic heterocycles. The van der Waals surface area contributed by atoms with E-state index in [2.05, 4.69) is 18.3 Å². The summed E-state index contributed by atoms with van der Waals surface area (Å²) in [7, 11) is 2.16. The Labute approximate surface area is 151 Å². The molecule has 1 aromatic heterocycles. The van der Waals surface area contributed by atoms with E-state index in [1.807, 2.05) is 12.1 Å². The standard InChI is InChI=1S/C19H20BFN4O/c20-19(7-2-8-23-11-19)13-5-6-16(15(21)9-13)25-10-12-3-1-4-14(18(22)26)17(12)24-25/h1,3-6,9-10,23H,2,7-8,11,20H2,(H2,22,26)/t19-/m0/s1. The molecule has 7 heteroatoms. The summed E-state index contributed by atoms with van der Waals surface area (Å²) in [6, 6.07) is 10.5. The van der Waals surface area contributed by atoms with Crippen LogP contribution in [0.3, 0.4) is 0 Å². The maximum atomic E-state index is 14.9. The Morgan fingerprint density at radius 1 is 1.35 bits per heavy atom. The van der Waals surface area contributed by atoms with Crippen molar-refractivity contribution in [2.45, 2.75) is 18.2 Å². The molecule has 132 valence electrons. The Morgan fingerprint density at radius 3 is 2.88 bits per heavy atom. The van der Waals surface area contributed by atoms with Gasteiger partial charge in [-0.1, -0.05) is 18.2 Å². The highest BCUT2D eigenvalue weighted by molar-refractivity contribution is 6.16. The Bertz CT molecular complexity index is 994. The maximum absolute atomic E-state index is 14.9. The van der Waals surface area contributed by atoms with Crippen molar-refractivity contribution in [2.24, 2.45) is 5.73 Å². The third-order valence-corrected chi connectivity index (χ3v) is 5.29. The number of fused-ring (bicyclic) bond motifs is 1. The number of aromatic nitrogens is 2. The molecule has 0 spiro atoms. The van der Waals surface area contributed by atoms with Crippen LogP contribution >= 0.6 is 0 Å². The molecule has 2 aromatic carbocycles. The lowest BCUT2D eigenvalue weighted by Crippen LogP contribution is -2.43. The van der Waals surface area contributed by atoms with Gasteiger partial charge in [0.15, 0.2) is 0 Å². The molecule has 0 aliphatic carbocycles. The molecule has 1 saturated heterocycles. The van der Waals surface area contributed by atoms with Gasteiger partial charge < -0.3 is 11.1 Å². The first-order chi connectivity index (χ1) is 12.5. The molecular weight excluding hydrogens is 330 g/mol. The average molecular weight is 350 g/mol. The summed E-state index contributed by atoms with van der Waals surface area (Å²) in [4.78, 5) is 11.6. The average Bonchev–Trinajstić information content (AvgIpc) is 3.05. The normalized spacial score (nSPS) is 20.3. The van der Waals surface area contributed by atoms with E-state index in [1.165, 1.54) is 4.68 Å². The number of amides is 1. The molecule has 0 radical (unpaired) electrons. The third kappa shape index (κ3) is 2.78. The van der Waals surface area contributed by atoms with Crippen LogP contribution in [0.4, 0.5) is 4.39 Å². The maximum Gasteiger partial charge on any atom is 0.250 e. The lowest BCUT2D eigenvalue weighted by molar-refractivity contribution is 0.100. The van der Waals surface area contributed by atoms with E-state index in [0.29, 0.717) is 16.8 Å². The van der Waals surface area contributed by atoms with Crippen LogP contribution in [-0.2, 0) is 5.31 Å². The van der Waals surface area contributed by atoms with E-state index in [1.54, 1.807) is 30.5 Å². The predicted octanol–water partition coefficient (Wildman–Crippen LogP) is 1.48. The Hall–Kier alpha value is -2.67. The zero-order valence-electron chi connectivity index (χ0n) is 14.6. The summed E-state index contributed by atoms with van der Waals surface area (Å²) < 4.78 is 16.3. The SMILES string of the molecule is B[C@@]1(c2ccc(-n3cc4cccc(C(N)=O)c4n3)c(F)c2)CCCNC1. The number of primary amides is 1. The fraction of sp³-hybridized carbons (Fsp3) is 0.263. The van der Waals surface area contributed by atoms with Crippen molar-refractivity contribution in [2.75, 3.05) is 13.1 Å². The first-order valence-corrected chi connectivity index (χ1v) is 8.77. The van der Waals surface area contributed by atoms with Gasteiger partial charge in [-0.3, -0.25) is 4.79 Å². The highest BCUT2D eigenvalue weighted by Crippen LogP contribution is 2.30. The van der Waals surface area contributed by atoms with Gasteiger partial charge in [0.1, 0.15) is 24.9 Å². The van der Waals surface area contributed by atoms with Crippen LogP contribution in [0.15, 0.2) is 42.6 Å². The van der Waals surface area contributed by atoms with Gasteiger partial charge in [-0.2, -0.15) is 5.10 Å². The molecular formula is C19H20BFN4O. The van der Waals surface area contributed by atoms with Crippen LogP contribution in [0.5, 0.6) is 0 Å². The van der Waals surface area contributed by atoms with Crippen molar-refractivity contribution in [1.82, 2.24) is 15.1 Å². The van der Waals surface area contributed by atoms with Gasteiger partial charge in [0.25, 0.3) is 5.91 Å². The molecule has 1 fully saturated rings. The summed E-state index contributed by atoms with van der Waals surface area (Å²) >= 11 is 0. The van der Waals surface area contributed by atoms with E-state index in [0.717, 1.165) is 36.9 Å². The second-order valence-corrected chi connectivity index (χ2v) is 7.19. The van der Waals surface area contributed by atoms with E-state index in [4.69, 9.17) is 5.73 Å². The van der Waals surface area contributed by atoms with Crippen molar-refractivity contribution in [3.05, 3.63) is 59.5 Å². The lowest BCUT2D eigenvalue weighted by atomic mass is 9.60. The van der Waals surface area contributed by atoms with Gasteiger partial charge >= 0.3 is 0 Å². The molecule has 1 atom stereocenters. The quantitative estimate of drug-likeness (QED) is 0.703. The number of nitrogens with zero attached hydrogens (tertiary/aromatic N) is 2. The van der Waals surface area contributed by atoms with Crippen molar-refractivity contribution in [1.29, 1.82) is 0 Å². The van der Waals surface area contributed by atoms with Crippen LogP contribution < -0.4 is 11.1 Å². The van der Waals surface area contributed by atoms with Crippen LogP contribution in [0.2, 0.25) is 0 Å². The van der Waals surface area contributed by atoms with Gasteiger partial charge in [-0.15, -0.1) is 0 Å². The molecule has 0 unspecified atom stereocenters. The van der Waals surface area contributed by atoms with Crippen LogP contribution in [0.25, 0.3) is 16.6 Å². The number of nitrogens with one attached hydrogen (secondary N) is 1. The number of halogens is 1. The molecule has 3 aromatic rings. The second-order valence-electron chi connectivity index (χ2n) is 7.19. The summed E-state index contributed by atoms with van der Waals surface area (Å²) in [5.74, 6) is -0.878. The molecule has 3 N–H and O–H groups in total. The highest BCUT2D eigenvalue weighted by Gasteiger charge is 2.29. The number of carbonyl (C=O) groups excluding carboxylic acids is 1. The number of nitrogens with two attached hydrogens (primary N) is 1. The van der Waals surface area contributed by atoms with Gasteiger partial charge in [0, 0.05) is 11.6 Å². The van der Waals surface area contributed by atoms with Crippen LogP contribution in [-0.4, -0.2) is 36.6 Å². The molecule has 1 aliphatic rings. The minimum atomic E-state index is -0.547. The number of piperidine rings is 1. The monoisotopic (exact) mass is 350 g/mol. The fourth-order valence-electron chi connectivity index (χ4n) is 3.74. The highest BCUT2D eigenvalue weighted by atomic mass is 19.1. The number of benzene rings is 2. The predicted molar refractivity (Wildman–Crippen MR) is 102 cm³/mol. The van der Waals surface area contributed by atoms with Crippen LogP contribution in [0.1, 0.15) is 28.8 Å². The first kappa shape index (κ1) is 16.8. The zero-order chi connectivity index (χ0) is 18.3. The van der Waals surface area contributed by atoms with Crippen molar-refractivity contribution in [3.63, 3.8) is 0 Å². The second kappa shape index (κ2) is 6.25. The summed E-state index contributed by atoms with van der Waals surface area (Å²) in [6.45, 7) is 1.86. The van der Waals surface area contributed by atoms with Gasteiger partial charge in [-0.25, -0.2) is 9.07 Å². The molecule has 1 amide bonds. The number of carbonyl (C=O) groups is 1. The van der Waals surface area contributed by atoms with Crippen LogP contribution in [0, 0.1) is 5.82 Å². The molecule has 4 rings (SSSR count). The van der Waals surface area contributed by atoms with E-state index < -0.39 is 5.91 Å². The fourth-order valence-corrected chi connectivity index (χ4v) is 3.74. The Morgan fingerprint density at radius 2 is 2.19 bits per heavy atom. The number of rotatable bonds is 3. The molecule has 0 bridgehead atoms. The Balaban J connectivity index is 1.76. The number of hydrogen-bond donors (Lipinski definition) is 2. The van der Waals surface area contributed by atoms with Crippen molar-refractivity contribution < 1.29 is 9.18 Å². The van der Waals surface area contributed by atoms with E-state index in [-0.39, 0.29) is 11.1 Å². The minimum absolute atomic E-state index is 0.0639. The first-order valence-electron chi connectivity index (χ1n) is 8.77.